The minimum Gasteiger partial charge on any atom is -0.298 e. The fourth-order valence-corrected chi connectivity index (χ4v) is 6.22. The number of hydrogen-bond donors (Lipinski definition) is 1. The number of carbonyl (C=O) groups is 2. The summed E-state index contributed by atoms with van der Waals surface area (Å²) in [5.41, 5.74) is 1.86. The van der Waals surface area contributed by atoms with Crippen LogP contribution in [-0.4, -0.2) is 42.5 Å². The minimum absolute atomic E-state index is 0.0152. The second-order valence-electron chi connectivity index (χ2n) is 8.46. The number of aromatic nitrogens is 1. The van der Waals surface area contributed by atoms with Crippen molar-refractivity contribution in [1.29, 1.82) is 10.5 Å². The Hall–Kier alpha value is -4.68. The number of nitrogens with zero attached hydrogens (tertiary/aromatic N) is 4. The molecule has 1 heterocycles. The smallest absolute Gasteiger partial charge is 0.257 e. The summed E-state index contributed by atoms with van der Waals surface area (Å²) in [6, 6.07) is 27.2. The molecule has 0 atom stereocenters. The Balaban J connectivity index is 1.58. The maximum atomic E-state index is 13.3. The second kappa shape index (κ2) is 12.9. The van der Waals surface area contributed by atoms with Gasteiger partial charge in [-0.25, -0.2) is 13.4 Å². The van der Waals surface area contributed by atoms with E-state index in [9.17, 15) is 18.0 Å². The number of hydrogen-bond acceptors (Lipinski definition) is 8. The number of amides is 1. The summed E-state index contributed by atoms with van der Waals surface area (Å²) < 4.78 is 27.2. The number of nitrogens with one attached hydrogen (secondary N) is 1. The van der Waals surface area contributed by atoms with Crippen LogP contribution in [0.4, 0.5) is 5.13 Å². The van der Waals surface area contributed by atoms with Crippen LogP contribution in [0.3, 0.4) is 0 Å². The number of anilines is 1. The quantitative estimate of drug-likeness (QED) is 0.247. The molecular weight excluding hydrogens is 546 g/mol. The van der Waals surface area contributed by atoms with Gasteiger partial charge in [0, 0.05) is 42.6 Å². The Labute approximate surface area is 236 Å². The SMILES string of the molecule is N#CCCN(CCC#N)S(=O)(=O)c1ccc(C(=O)Nc2nc(-c3ccccc3)c(C(=O)c3ccccc3)s2)cc1. The normalized spacial score (nSPS) is 11.0. The van der Waals surface area contributed by atoms with E-state index in [-0.39, 0.29) is 47.3 Å². The molecule has 0 aliphatic heterocycles. The third kappa shape index (κ3) is 6.47. The van der Waals surface area contributed by atoms with E-state index in [1.165, 1.54) is 24.3 Å². The molecule has 0 aliphatic carbocycles. The van der Waals surface area contributed by atoms with Crippen molar-refractivity contribution in [2.75, 3.05) is 18.4 Å². The zero-order chi connectivity index (χ0) is 28.5. The van der Waals surface area contributed by atoms with Gasteiger partial charge >= 0.3 is 0 Å². The molecule has 0 radical (unpaired) electrons. The Kier molecular flexibility index (Phi) is 9.15. The van der Waals surface area contributed by atoms with Gasteiger partial charge in [-0.3, -0.25) is 14.9 Å². The Morgan fingerprint density at radius 2 is 1.40 bits per heavy atom. The van der Waals surface area contributed by atoms with Crippen molar-refractivity contribution in [2.45, 2.75) is 17.7 Å². The molecule has 0 unspecified atom stereocenters. The van der Waals surface area contributed by atoms with Crippen LogP contribution in [0.2, 0.25) is 0 Å². The van der Waals surface area contributed by atoms with Gasteiger partial charge in [-0.2, -0.15) is 14.8 Å². The molecule has 1 amide bonds. The van der Waals surface area contributed by atoms with Gasteiger partial charge in [-0.1, -0.05) is 72.0 Å². The van der Waals surface area contributed by atoms with Gasteiger partial charge in [0.25, 0.3) is 5.91 Å². The fraction of sp³-hybridized carbons (Fsp3) is 0.138. The van der Waals surface area contributed by atoms with E-state index < -0.39 is 15.9 Å². The van der Waals surface area contributed by atoms with Crippen molar-refractivity contribution in [3.63, 3.8) is 0 Å². The first-order valence-electron chi connectivity index (χ1n) is 12.2. The van der Waals surface area contributed by atoms with E-state index in [4.69, 9.17) is 10.5 Å². The topological polar surface area (TPSA) is 144 Å². The lowest BCUT2D eigenvalue weighted by Gasteiger charge is -2.20. The summed E-state index contributed by atoms with van der Waals surface area (Å²) in [4.78, 5) is 31.2. The number of ketones is 1. The van der Waals surface area contributed by atoms with Gasteiger partial charge in [0.05, 0.1) is 22.7 Å². The molecule has 1 N–H and O–H groups in total. The third-order valence-corrected chi connectivity index (χ3v) is 8.72. The van der Waals surface area contributed by atoms with E-state index in [1.54, 1.807) is 24.3 Å². The van der Waals surface area contributed by atoms with Gasteiger partial charge in [0.15, 0.2) is 5.13 Å². The van der Waals surface area contributed by atoms with Gasteiger partial charge < -0.3 is 0 Å². The van der Waals surface area contributed by atoms with Crippen molar-refractivity contribution < 1.29 is 18.0 Å². The van der Waals surface area contributed by atoms with Crippen LogP contribution in [0.1, 0.15) is 38.4 Å². The van der Waals surface area contributed by atoms with Crippen LogP contribution in [0.5, 0.6) is 0 Å². The molecule has 0 aliphatic rings. The zero-order valence-corrected chi connectivity index (χ0v) is 22.8. The number of carbonyl (C=O) groups excluding carboxylic acids is 2. The molecule has 4 aromatic rings. The summed E-state index contributed by atoms with van der Waals surface area (Å²) in [6.45, 7) is -0.0822. The van der Waals surface area contributed by atoms with Crippen molar-refractivity contribution in [3.8, 4) is 23.4 Å². The van der Waals surface area contributed by atoms with Crippen LogP contribution in [-0.2, 0) is 10.0 Å². The molecule has 9 nitrogen and oxygen atoms in total. The highest BCUT2D eigenvalue weighted by Crippen LogP contribution is 2.33. The first kappa shape index (κ1) is 28.3. The van der Waals surface area contributed by atoms with E-state index in [0.717, 1.165) is 21.2 Å². The van der Waals surface area contributed by atoms with Crippen molar-refractivity contribution in [1.82, 2.24) is 9.29 Å². The maximum absolute atomic E-state index is 13.3. The molecule has 1 aromatic heterocycles. The fourth-order valence-electron chi connectivity index (χ4n) is 3.84. The Bertz CT molecular complexity index is 1670. The summed E-state index contributed by atoms with van der Waals surface area (Å²) in [5, 5.41) is 20.7. The molecule has 40 heavy (non-hydrogen) atoms. The second-order valence-corrected chi connectivity index (χ2v) is 11.4. The first-order valence-corrected chi connectivity index (χ1v) is 14.4. The Morgan fingerprint density at radius 1 is 0.825 bits per heavy atom. The van der Waals surface area contributed by atoms with Gasteiger partial charge in [0.2, 0.25) is 15.8 Å². The van der Waals surface area contributed by atoms with Crippen molar-refractivity contribution in [3.05, 3.63) is 101 Å². The largest absolute Gasteiger partial charge is 0.298 e. The summed E-state index contributed by atoms with van der Waals surface area (Å²) >= 11 is 1.06. The number of thiazole rings is 1. The Morgan fingerprint density at radius 3 is 1.98 bits per heavy atom. The average Bonchev–Trinajstić information content (AvgIpc) is 3.41. The van der Waals surface area contributed by atoms with E-state index >= 15 is 0 Å². The lowest BCUT2D eigenvalue weighted by atomic mass is 10.1. The number of benzene rings is 3. The molecule has 4 rings (SSSR count). The standard InChI is InChI=1S/C29H23N5O4S2/c30-17-7-19-34(20-8-18-31)40(37,38)24-15-13-23(14-16-24)28(36)33-29-32-25(21-9-3-1-4-10-21)27(39-29)26(35)22-11-5-2-6-12-22/h1-6,9-16H,7-8,19-20H2,(H,32,33,36). The van der Waals surface area contributed by atoms with Crippen molar-refractivity contribution in [2.24, 2.45) is 0 Å². The molecule has 0 spiro atoms. The summed E-state index contributed by atoms with van der Waals surface area (Å²) in [6.07, 6.45) is -0.0304. The summed E-state index contributed by atoms with van der Waals surface area (Å²) in [7, 11) is -3.96. The van der Waals surface area contributed by atoms with E-state index in [2.05, 4.69) is 10.3 Å². The molecular formula is C29H23N5O4S2. The average molecular weight is 570 g/mol. The molecule has 3 aromatic carbocycles. The van der Waals surface area contributed by atoms with Crippen LogP contribution < -0.4 is 5.32 Å². The predicted octanol–water partition coefficient (Wildman–Crippen LogP) is 5.11. The highest BCUT2D eigenvalue weighted by molar-refractivity contribution is 7.89. The predicted molar refractivity (Wildman–Crippen MR) is 151 cm³/mol. The molecule has 200 valence electrons. The molecule has 0 saturated heterocycles. The zero-order valence-electron chi connectivity index (χ0n) is 21.1. The van der Waals surface area contributed by atoms with Crippen LogP contribution >= 0.6 is 11.3 Å². The maximum Gasteiger partial charge on any atom is 0.257 e. The molecule has 11 heteroatoms. The van der Waals surface area contributed by atoms with E-state index in [0.29, 0.717) is 16.1 Å². The third-order valence-electron chi connectivity index (χ3n) is 5.84. The molecule has 0 saturated carbocycles. The first-order chi connectivity index (χ1) is 19.3. The number of rotatable bonds is 11. The van der Waals surface area contributed by atoms with Gasteiger partial charge in [0.1, 0.15) is 4.88 Å². The lowest BCUT2D eigenvalue weighted by molar-refractivity contribution is 0.102. The van der Waals surface area contributed by atoms with E-state index in [1.807, 2.05) is 48.5 Å². The van der Waals surface area contributed by atoms with Crippen LogP contribution in [0.15, 0.2) is 89.8 Å². The van der Waals surface area contributed by atoms with Gasteiger partial charge in [-0.05, 0) is 24.3 Å². The molecule has 0 bridgehead atoms. The van der Waals surface area contributed by atoms with Gasteiger partial charge in [-0.15, -0.1) is 0 Å². The monoisotopic (exact) mass is 569 g/mol. The molecule has 0 fully saturated rings. The van der Waals surface area contributed by atoms with Crippen molar-refractivity contribution >= 4 is 38.2 Å². The number of sulfonamides is 1. The van der Waals surface area contributed by atoms with Crippen LogP contribution in [0.25, 0.3) is 11.3 Å². The number of nitriles is 2. The highest BCUT2D eigenvalue weighted by Gasteiger charge is 2.25. The minimum atomic E-state index is -3.96. The highest BCUT2D eigenvalue weighted by atomic mass is 32.2. The lowest BCUT2D eigenvalue weighted by Crippen LogP contribution is -2.32. The van der Waals surface area contributed by atoms with Crippen LogP contribution in [0, 0.1) is 22.7 Å². The summed E-state index contributed by atoms with van der Waals surface area (Å²) in [5.74, 6) is -0.744.